The van der Waals surface area contributed by atoms with E-state index >= 15 is 0 Å². The number of aliphatic hydroxyl groups is 2. The van der Waals surface area contributed by atoms with E-state index in [9.17, 15) is 9.59 Å². The van der Waals surface area contributed by atoms with Crippen LogP contribution >= 0.6 is 0 Å². The standard InChI is InChI=1S/C4H6O6.Li.Sb.H/c5-1(3(7)8)2(6)4(9)10;;;/h1-2,5-6H,(H,7,8)(H,9,10);;;/q;+1;;-1. The molecule has 0 spiro atoms. The SMILES string of the molecule is O=C(O)C(O)C(O)C(=O)O.[H-].[Li+].[Sb]. The van der Waals surface area contributed by atoms with Crippen molar-refractivity contribution in [2.75, 3.05) is 0 Å². The number of carboxylic acids is 2. The van der Waals surface area contributed by atoms with Crippen molar-refractivity contribution >= 4 is 36.4 Å². The molecular weight excluding hydrogens is 273 g/mol. The summed E-state index contributed by atoms with van der Waals surface area (Å²) in [5.41, 5.74) is 0. The van der Waals surface area contributed by atoms with Crippen LogP contribution in [0.15, 0.2) is 0 Å². The molecule has 12 heavy (non-hydrogen) atoms. The fourth-order valence-corrected chi connectivity index (χ4v) is 0.270. The largest absolute Gasteiger partial charge is 1.00 e. The summed E-state index contributed by atoms with van der Waals surface area (Å²) in [6.45, 7) is 0. The Morgan fingerprint density at radius 3 is 1.25 bits per heavy atom. The van der Waals surface area contributed by atoms with Gasteiger partial charge in [0, 0.05) is 24.4 Å². The molecule has 0 aromatic heterocycles. The Morgan fingerprint density at radius 1 is 1.00 bits per heavy atom. The van der Waals surface area contributed by atoms with Crippen LogP contribution < -0.4 is 18.9 Å². The molecule has 0 fully saturated rings. The first-order chi connectivity index (χ1) is 4.46. The van der Waals surface area contributed by atoms with E-state index < -0.39 is 24.1 Å². The van der Waals surface area contributed by atoms with Crippen molar-refractivity contribution in [2.45, 2.75) is 12.2 Å². The van der Waals surface area contributed by atoms with Gasteiger partial charge in [-0.1, -0.05) is 0 Å². The third-order valence-corrected chi connectivity index (χ3v) is 0.805. The van der Waals surface area contributed by atoms with Crippen molar-refractivity contribution in [1.82, 2.24) is 0 Å². The molecular formula is C4H7LiO6Sb. The van der Waals surface area contributed by atoms with E-state index in [-0.39, 0.29) is 44.7 Å². The number of aliphatic hydroxyl groups excluding tert-OH is 2. The molecule has 0 amide bonds. The van der Waals surface area contributed by atoms with E-state index in [1.807, 2.05) is 0 Å². The second kappa shape index (κ2) is 7.90. The summed E-state index contributed by atoms with van der Waals surface area (Å²) in [5.74, 6) is -3.54. The molecule has 0 heterocycles. The van der Waals surface area contributed by atoms with Crippen LogP contribution in [0.4, 0.5) is 0 Å². The van der Waals surface area contributed by atoms with Gasteiger partial charge in [0.2, 0.25) is 0 Å². The summed E-state index contributed by atoms with van der Waals surface area (Å²) in [4.78, 5) is 19.5. The van der Waals surface area contributed by atoms with Crippen LogP contribution in [-0.4, -0.2) is 69.0 Å². The van der Waals surface area contributed by atoms with Gasteiger partial charge in [-0.15, -0.1) is 0 Å². The maximum atomic E-state index is 9.77. The Hall–Kier alpha value is 0.276. The molecule has 0 aromatic carbocycles. The van der Waals surface area contributed by atoms with Crippen molar-refractivity contribution in [3.05, 3.63) is 0 Å². The zero-order valence-electron chi connectivity index (χ0n) is 7.21. The Labute approximate surface area is 98.7 Å². The van der Waals surface area contributed by atoms with E-state index in [1.165, 1.54) is 0 Å². The van der Waals surface area contributed by atoms with Crippen LogP contribution in [0.25, 0.3) is 0 Å². The van der Waals surface area contributed by atoms with Gasteiger partial charge in [0.25, 0.3) is 0 Å². The van der Waals surface area contributed by atoms with Gasteiger partial charge >= 0.3 is 30.8 Å². The summed E-state index contributed by atoms with van der Waals surface area (Å²) in [5, 5.41) is 32.5. The van der Waals surface area contributed by atoms with Crippen LogP contribution in [0, 0.1) is 0 Å². The molecule has 3 radical (unpaired) electrons. The quantitative estimate of drug-likeness (QED) is 0.384. The van der Waals surface area contributed by atoms with Crippen LogP contribution in [0.2, 0.25) is 0 Å². The second-order valence-corrected chi connectivity index (χ2v) is 1.57. The van der Waals surface area contributed by atoms with Crippen LogP contribution in [0.1, 0.15) is 1.43 Å². The molecule has 65 valence electrons. The third-order valence-electron chi connectivity index (χ3n) is 0.805. The Balaban J connectivity index is -0.000000135. The van der Waals surface area contributed by atoms with Crippen molar-refractivity contribution < 1.29 is 50.3 Å². The second-order valence-electron chi connectivity index (χ2n) is 1.57. The molecule has 4 N–H and O–H groups in total. The predicted molar refractivity (Wildman–Crippen MR) is 34.2 cm³/mol. The number of hydrogen-bond donors (Lipinski definition) is 4. The molecule has 0 rings (SSSR count). The summed E-state index contributed by atoms with van der Waals surface area (Å²) in [6, 6.07) is 0. The maximum absolute atomic E-state index is 9.77. The van der Waals surface area contributed by atoms with Gasteiger partial charge in [-0.25, -0.2) is 9.59 Å². The van der Waals surface area contributed by atoms with Crippen molar-refractivity contribution in [2.24, 2.45) is 0 Å². The van der Waals surface area contributed by atoms with Gasteiger partial charge in [-0.2, -0.15) is 0 Å². The van der Waals surface area contributed by atoms with Crippen LogP contribution in [0.3, 0.4) is 0 Å². The number of aliphatic carboxylic acids is 2. The summed E-state index contributed by atoms with van der Waals surface area (Å²) in [7, 11) is 0. The fraction of sp³-hybridized carbons (Fsp3) is 0.500. The first kappa shape index (κ1) is 18.1. The zero-order chi connectivity index (χ0) is 8.31. The minimum absolute atomic E-state index is 0. The summed E-state index contributed by atoms with van der Waals surface area (Å²) < 4.78 is 0. The van der Waals surface area contributed by atoms with E-state index in [0.29, 0.717) is 0 Å². The minimum Gasteiger partial charge on any atom is -1.00 e. The molecule has 0 aliphatic carbocycles. The molecule has 0 saturated heterocycles. The van der Waals surface area contributed by atoms with E-state index in [4.69, 9.17) is 20.4 Å². The van der Waals surface area contributed by atoms with E-state index in [1.54, 1.807) is 0 Å². The van der Waals surface area contributed by atoms with Gasteiger partial charge in [0.15, 0.2) is 12.2 Å². The summed E-state index contributed by atoms with van der Waals surface area (Å²) in [6.07, 6.45) is -4.53. The van der Waals surface area contributed by atoms with Gasteiger partial charge in [0.05, 0.1) is 0 Å². The van der Waals surface area contributed by atoms with Gasteiger partial charge < -0.3 is 21.9 Å². The maximum Gasteiger partial charge on any atom is 1.00 e. The van der Waals surface area contributed by atoms with E-state index in [0.717, 1.165) is 0 Å². The summed E-state index contributed by atoms with van der Waals surface area (Å²) >= 11 is 0. The number of rotatable bonds is 3. The molecule has 2 unspecified atom stereocenters. The normalized spacial score (nSPS) is 13.2. The topological polar surface area (TPSA) is 115 Å². The third kappa shape index (κ3) is 5.87. The monoisotopic (exact) mass is 279 g/mol. The molecule has 0 aliphatic rings. The first-order valence-electron chi connectivity index (χ1n) is 2.28. The van der Waals surface area contributed by atoms with Gasteiger partial charge in [-0.05, 0) is 0 Å². The molecule has 2 atom stereocenters. The van der Waals surface area contributed by atoms with Crippen molar-refractivity contribution in [3.8, 4) is 0 Å². The average Bonchev–Trinajstić information content (AvgIpc) is 1.84. The predicted octanol–water partition coefficient (Wildman–Crippen LogP) is -5.39. The van der Waals surface area contributed by atoms with Crippen LogP contribution in [-0.2, 0) is 9.59 Å². The first-order valence-corrected chi connectivity index (χ1v) is 2.28. The molecule has 8 heteroatoms. The zero-order valence-corrected chi connectivity index (χ0v) is 8.76. The molecule has 0 saturated carbocycles. The van der Waals surface area contributed by atoms with E-state index in [2.05, 4.69) is 0 Å². The minimum atomic E-state index is -2.27. The molecule has 0 aromatic rings. The van der Waals surface area contributed by atoms with Crippen molar-refractivity contribution in [1.29, 1.82) is 0 Å². The van der Waals surface area contributed by atoms with Gasteiger partial charge in [-0.3, -0.25) is 0 Å². The Kier molecular flexibility index (Phi) is 11.9. The van der Waals surface area contributed by atoms with Gasteiger partial charge in [0.1, 0.15) is 0 Å². The fourth-order valence-electron chi connectivity index (χ4n) is 0.270. The molecule has 0 bridgehead atoms. The Morgan fingerprint density at radius 2 is 1.17 bits per heavy atom. The smallest absolute Gasteiger partial charge is 1.00 e. The average molecular weight is 280 g/mol. The molecule has 0 aliphatic heterocycles. The van der Waals surface area contributed by atoms with Crippen molar-refractivity contribution in [3.63, 3.8) is 0 Å². The number of hydrogen-bond acceptors (Lipinski definition) is 4. The Bertz CT molecular complexity index is 149. The van der Waals surface area contributed by atoms with Crippen LogP contribution in [0.5, 0.6) is 0 Å². The number of carboxylic acid groups (broad SMARTS) is 2. The number of carbonyl (C=O) groups is 2. The molecule has 6 nitrogen and oxygen atoms in total.